The number of rotatable bonds is 7. The van der Waals surface area contributed by atoms with Crippen molar-refractivity contribution in [3.8, 4) is 5.75 Å². The fraction of sp³-hybridized carbons (Fsp3) is 0.308. The molecule has 2 rings (SSSR count). The molecule has 130 valence electrons. The highest BCUT2D eigenvalue weighted by Crippen LogP contribution is 2.31. The molecule has 0 fully saturated rings. The van der Waals surface area contributed by atoms with E-state index in [1.54, 1.807) is 24.6 Å². The second kappa shape index (κ2) is 8.20. The van der Waals surface area contributed by atoms with Crippen LogP contribution in [-0.4, -0.2) is 41.7 Å². The highest BCUT2D eigenvalue weighted by atomic mass is 32.2. The number of methoxy groups -OCH3 is 1. The predicted molar refractivity (Wildman–Crippen MR) is 86.0 cm³/mol. The van der Waals surface area contributed by atoms with E-state index in [2.05, 4.69) is 15.5 Å². The van der Waals surface area contributed by atoms with Crippen molar-refractivity contribution in [2.45, 2.75) is 10.5 Å². The smallest absolute Gasteiger partial charge is 0.405 e. The van der Waals surface area contributed by atoms with Crippen molar-refractivity contribution in [2.75, 3.05) is 24.7 Å². The minimum absolute atomic E-state index is 0.167. The van der Waals surface area contributed by atoms with E-state index in [0.29, 0.717) is 20.9 Å². The van der Waals surface area contributed by atoms with Crippen molar-refractivity contribution in [3.63, 3.8) is 0 Å². The number of amides is 1. The summed E-state index contributed by atoms with van der Waals surface area (Å²) in [5, 5.41) is 13.1. The quantitative estimate of drug-likeness (QED) is 0.722. The van der Waals surface area contributed by atoms with Gasteiger partial charge < -0.3 is 15.4 Å². The largest absolute Gasteiger partial charge is 0.495 e. The Kier molecular flexibility index (Phi) is 6.26. The van der Waals surface area contributed by atoms with E-state index in [1.165, 1.54) is 11.3 Å². The summed E-state index contributed by atoms with van der Waals surface area (Å²) in [5.74, 6) is -0.250. The lowest BCUT2D eigenvalue weighted by atomic mass is 10.3. The van der Waals surface area contributed by atoms with Gasteiger partial charge in [0.1, 0.15) is 12.3 Å². The average Bonchev–Trinajstić information content (AvgIpc) is 2.98. The molecule has 0 spiro atoms. The van der Waals surface area contributed by atoms with E-state index in [0.717, 1.165) is 11.8 Å². The molecule has 24 heavy (non-hydrogen) atoms. The predicted octanol–water partition coefficient (Wildman–Crippen LogP) is 3.06. The van der Waals surface area contributed by atoms with Crippen molar-refractivity contribution >= 4 is 39.8 Å². The highest BCUT2D eigenvalue weighted by molar-refractivity contribution is 8.01. The van der Waals surface area contributed by atoms with E-state index >= 15 is 0 Å². The molecule has 0 radical (unpaired) electrons. The molecule has 1 aromatic carbocycles. The fourth-order valence-electron chi connectivity index (χ4n) is 1.56. The Morgan fingerprint density at radius 1 is 1.33 bits per heavy atom. The lowest BCUT2D eigenvalue weighted by Gasteiger charge is -2.07. The minimum Gasteiger partial charge on any atom is -0.495 e. The van der Waals surface area contributed by atoms with Crippen molar-refractivity contribution in [1.82, 2.24) is 15.5 Å². The number of aromatic nitrogens is 2. The van der Waals surface area contributed by atoms with Gasteiger partial charge in [0.2, 0.25) is 11.0 Å². The molecule has 0 saturated carbocycles. The maximum absolute atomic E-state index is 12.0. The van der Waals surface area contributed by atoms with Crippen LogP contribution < -0.4 is 15.4 Å². The third kappa shape index (κ3) is 5.89. The first kappa shape index (κ1) is 18.3. The first-order valence-corrected chi connectivity index (χ1v) is 8.37. The monoisotopic (exact) mass is 378 g/mol. The molecule has 1 heterocycles. The molecule has 2 aromatic rings. The number of thioether (sulfide) groups is 1. The molecule has 11 heteroatoms. The molecule has 0 unspecified atom stereocenters. The normalized spacial score (nSPS) is 11.2. The maximum atomic E-state index is 12.0. The van der Waals surface area contributed by atoms with E-state index in [-0.39, 0.29) is 5.75 Å². The fourth-order valence-corrected chi connectivity index (χ4v) is 3.15. The molecular formula is C13H13F3N4O2S2. The summed E-state index contributed by atoms with van der Waals surface area (Å²) in [4.78, 5) is 11.3. The van der Waals surface area contributed by atoms with Crippen LogP contribution in [0.25, 0.3) is 0 Å². The number of anilines is 2. The second-order valence-electron chi connectivity index (χ2n) is 4.38. The zero-order valence-electron chi connectivity index (χ0n) is 12.4. The van der Waals surface area contributed by atoms with Crippen molar-refractivity contribution in [3.05, 3.63) is 24.3 Å². The van der Waals surface area contributed by atoms with Gasteiger partial charge in [0.15, 0.2) is 4.34 Å². The molecule has 0 saturated heterocycles. The molecule has 0 aliphatic heterocycles. The molecule has 0 aliphatic rings. The van der Waals surface area contributed by atoms with Crippen LogP contribution in [0.2, 0.25) is 0 Å². The van der Waals surface area contributed by atoms with Gasteiger partial charge in [-0.2, -0.15) is 13.2 Å². The Morgan fingerprint density at radius 2 is 2.08 bits per heavy atom. The van der Waals surface area contributed by atoms with Gasteiger partial charge in [0, 0.05) is 0 Å². The van der Waals surface area contributed by atoms with Crippen LogP contribution >= 0.6 is 23.1 Å². The van der Waals surface area contributed by atoms with Crippen LogP contribution in [0.5, 0.6) is 5.75 Å². The Morgan fingerprint density at radius 3 is 2.79 bits per heavy atom. The number of carbonyl (C=O) groups is 1. The topological polar surface area (TPSA) is 76.1 Å². The number of ether oxygens (including phenoxy) is 1. The summed E-state index contributed by atoms with van der Waals surface area (Å²) in [6.45, 7) is -1.34. The number of hydrogen-bond donors (Lipinski definition) is 2. The van der Waals surface area contributed by atoms with E-state index < -0.39 is 18.6 Å². The van der Waals surface area contributed by atoms with Crippen molar-refractivity contribution < 1.29 is 22.7 Å². The lowest BCUT2D eigenvalue weighted by molar-refractivity contribution is -0.136. The molecule has 0 bridgehead atoms. The molecule has 2 N–H and O–H groups in total. The molecule has 0 atom stereocenters. The zero-order chi connectivity index (χ0) is 17.6. The third-order valence-electron chi connectivity index (χ3n) is 2.57. The Bertz CT molecular complexity index is 694. The standard InChI is InChI=1S/C13H13F3N4O2S2/c1-22-9-5-3-2-4-8(9)18-11-19-20-12(24-11)23-6-10(21)17-7-13(14,15)16/h2-5H,6-7H2,1H3,(H,17,21)(H,18,19). The van der Waals surface area contributed by atoms with Gasteiger partial charge in [0.05, 0.1) is 18.6 Å². The Balaban J connectivity index is 1.86. The summed E-state index contributed by atoms with van der Waals surface area (Å²) in [7, 11) is 1.54. The van der Waals surface area contributed by atoms with E-state index in [9.17, 15) is 18.0 Å². The number of alkyl halides is 3. The van der Waals surface area contributed by atoms with Gasteiger partial charge in [-0.05, 0) is 12.1 Å². The van der Waals surface area contributed by atoms with Crippen LogP contribution in [0.1, 0.15) is 0 Å². The number of nitrogens with one attached hydrogen (secondary N) is 2. The molecule has 6 nitrogen and oxygen atoms in total. The van der Waals surface area contributed by atoms with Gasteiger partial charge in [-0.3, -0.25) is 4.79 Å². The summed E-state index contributed by atoms with van der Waals surface area (Å²) in [6, 6.07) is 7.24. The van der Waals surface area contributed by atoms with Crippen LogP contribution in [0.3, 0.4) is 0 Å². The number of para-hydroxylation sites is 2. The number of benzene rings is 1. The van der Waals surface area contributed by atoms with Gasteiger partial charge in [-0.25, -0.2) is 0 Å². The molecule has 0 aliphatic carbocycles. The van der Waals surface area contributed by atoms with Crippen LogP contribution in [-0.2, 0) is 4.79 Å². The van der Waals surface area contributed by atoms with Gasteiger partial charge in [-0.1, -0.05) is 35.2 Å². The molecule has 1 aromatic heterocycles. The Hall–Kier alpha value is -2.01. The number of hydrogen-bond acceptors (Lipinski definition) is 7. The van der Waals surface area contributed by atoms with Crippen molar-refractivity contribution in [2.24, 2.45) is 0 Å². The van der Waals surface area contributed by atoms with Crippen LogP contribution in [0.15, 0.2) is 28.6 Å². The van der Waals surface area contributed by atoms with Gasteiger partial charge in [0.25, 0.3) is 0 Å². The average molecular weight is 378 g/mol. The van der Waals surface area contributed by atoms with Gasteiger partial charge in [-0.15, -0.1) is 10.2 Å². The SMILES string of the molecule is COc1ccccc1Nc1nnc(SCC(=O)NCC(F)(F)F)s1. The first-order chi connectivity index (χ1) is 11.4. The lowest BCUT2D eigenvalue weighted by Crippen LogP contribution is -2.34. The number of carbonyl (C=O) groups excluding carboxylic acids is 1. The van der Waals surface area contributed by atoms with Crippen molar-refractivity contribution in [1.29, 1.82) is 0 Å². The summed E-state index contributed by atoms with van der Waals surface area (Å²) >= 11 is 2.20. The first-order valence-electron chi connectivity index (χ1n) is 6.57. The second-order valence-corrected chi connectivity index (χ2v) is 6.58. The molecular weight excluding hydrogens is 365 g/mol. The van der Waals surface area contributed by atoms with E-state index in [1.807, 2.05) is 12.1 Å². The Labute approximate surface area is 143 Å². The number of nitrogens with zero attached hydrogens (tertiary/aromatic N) is 2. The maximum Gasteiger partial charge on any atom is 0.405 e. The molecule has 1 amide bonds. The third-order valence-corrected chi connectivity index (χ3v) is 4.54. The summed E-state index contributed by atoms with van der Waals surface area (Å²) in [6.07, 6.45) is -4.42. The van der Waals surface area contributed by atoms with Crippen LogP contribution in [0.4, 0.5) is 24.0 Å². The zero-order valence-corrected chi connectivity index (χ0v) is 14.0. The van der Waals surface area contributed by atoms with Crippen LogP contribution in [0, 0.1) is 0 Å². The summed E-state index contributed by atoms with van der Waals surface area (Å²) in [5.41, 5.74) is 0.704. The van der Waals surface area contributed by atoms with E-state index in [4.69, 9.17) is 4.74 Å². The van der Waals surface area contributed by atoms with Gasteiger partial charge >= 0.3 is 6.18 Å². The summed E-state index contributed by atoms with van der Waals surface area (Å²) < 4.78 is 41.6. The highest BCUT2D eigenvalue weighted by Gasteiger charge is 2.27. The number of halogens is 3. The minimum atomic E-state index is -4.42.